The molecule has 1 fully saturated rings. The number of nitrogens with two attached hydrogens (primary N) is 1. The number of likely N-dealkylation sites (tertiary alicyclic amines) is 1. The molecule has 0 unspecified atom stereocenters. The van der Waals surface area contributed by atoms with E-state index in [0.717, 1.165) is 35.4 Å². The Balaban J connectivity index is 1.36. The number of benzene rings is 2. The lowest BCUT2D eigenvalue weighted by molar-refractivity contribution is 0.0706. The Morgan fingerprint density at radius 3 is 2.50 bits per heavy atom. The molecule has 3 amide bonds. The number of carbonyl (C=O) groups is 2. The largest absolute Gasteiger partial charge is 0.440 e. The van der Waals surface area contributed by atoms with Gasteiger partial charge in [0.2, 0.25) is 0 Å². The van der Waals surface area contributed by atoms with Crippen LogP contribution in [-0.2, 0) is 6.54 Å². The zero-order chi connectivity index (χ0) is 19.5. The molecule has 0 bridgehead atoms. The summed E-state index contributed by atoms with van der Waals surface area (Å²) < 4.78 is 5.89. The fraction of sp³-hybridized carbons (Fsp3) is 0.286. The van der Waals surface area contributed by atoms with E-state index >= 15 is 0 Å². The Hall–Kier alpha value is -3.35. The van der Waals surface area contributed by atoms with Gasteiger partial charge >= 0.3 is 6.03 Å². The van der Waals surface area contributed by atoms with E-state index in [2.05, 4.69) is 10.3 Å². The molecule has 0 aliphatic carbocycles. The van der Waals surface area contributed by atoms with Crippen LogP contribution in [-0.4, -0.2) is 34.9 Å². The second kappa shape index (κ2) is 7.72. The number of hydrogen-bond acceptors (Lipinski definition) is 4. The number of primary amides is 1. The zero-order valence-electron chi connectivity index (χ0n) is 15.4. The maximum atomic E-state index is 12.8. The summed E-state index contributed by atoms with van der Waals surface area (Å²) in [5.41, 5.74) is 8.29. The molecule has 1 aliphatic rings. The average molecular weight is 378 g/mol. The summed E-state index contributed by atoms with van der Waals surface area (Å²) in [4.78, 5) is 30.0. The highest BCUT2D eigenvalue weighted by Crippen LogP contribution is 2.30. The lowest BCUT2D eigenvalue weighted by Gasteiger charge is -2.30. The smallest absolute Gasteiger partial charge is 0.312 e. The third-order valence-corrected chi connectivity index (χ3v) is 5.11. The van der Waals surface area contributed by atoms with E-state index in [1.54, 1.807) is 12.1 Å². The number of nitrogens with one attached hydrogen (secondary N) is 1. The van der Waals surface area contributed by atoms with E-state index in [1.807, 2.05) is 41.3 Å². The standard InChI is InChI=1S/C21H22N4O3/c22-21(27)23-13-14-5-7-16(8-6-14)20(26)25-11-9-15(10-12-25)19-24-17-3-1-2-4-18(17)28-19/h1-8,15H,9-13H2,(H3,22,23,27). The minimum absolute atomic E-state index is 0.0189. The van der Waals surface area contributed by atoms with Gasteiger partial charge in [-0.05, 0) is 42.7 Å². The molecule has 1 aliphatic heterocycles. The number of carbonyl (C=O) groups excluding carboxylic acids is 2. The van der Waals surface area contributed by atoms with Crippen LogP contribution in [0.2, 0.25) is 0 Å². The predicted molar refractivity (Wildman–Crippen MR) is 105 cm³/mol. The molecule has 2 heterocycles. The summed E-state index contributed by atoms with van der Waals surface area (Å²) in [6.45, 7) is 1.69. The Kier molecular flexibility index (Phi) is 4.97. The van der Waals surface area contributed by atoms with Gasteiger partial charge in [0, 0.05) is 31.1 Å². The molecule has 7 heteroatoms. The van der Waals surface area contributed by atoms with Crippen LogP contribution in [0.15, 0.2) is 52.9 Å². The van der Waals surface area contributed by atoms with Crippen molar-refractivity contribution in [3.63, 3.8) is 0 Å². The molecule has 1 aromatic heterocycles. The number of piperidine rings is 1. The van der Waals surface area contributed by atoms with E-state index < -0.39 is 6.03 Å². The van der Waals surface area contributed by atoms with Gasteiger partial charge < -0.3 is 20.4 Å². The summed E-state index contributed by atoms with van der Waals surface area (Å²) in [5.74, 6) is 1.02. The third kappa shape index (κ3) is 3.83. The van der Waals surface area contributed by atoms with Crippen LogP contribution in [0.1, 0.15) is 40.6 Å². The van der Waals surface area contributed by atoms with Crippen molar-refractivity contribution < 1.29 is 14.0 Å². The Morgan fingerprint density at radius 1 is 1.11 bits per heavy atom. The molecule has 4 rings (SSSR count). The van der Waals surface area contributed by atoms with Crippen molar-refractivity contribution >= 4 is 23.0 Å². The first kappa shape index (κ1) is 18.0. The highest BCUT2D eigenvalue weighted by Gasteiger charge is 2.27. The number of para-hydroxylation sites is 2. The number of urea groups is 1. The number of rotatable bonds is 4. The highest BCUT2D eigenvalue weighted by atomic mass is 16.3. The fourth-order valence-electron chi connectivity index (χ4n) is 3.53. The van der Waals surface area contributed by atoms with Crippen LogP contribution in [0.3, 0.4) is 0 Å². The van der Waals surface area contributed by atoms with Crippen molar-refractivity contribution in [2.24, 2.45) is 5.73 Å². The number of amides is 3. The maximum absolute atomic E-state index is 12.8. The first-order chi connectivity index (χ1) is 13.6. The van der Waals surface area contributed by atoms with Crippen molar-refractivity contribution in [3.8, 4) is 0 Å². The first-order valence-corrected chi connectivity index (χ1v) is 9.37. The van der Waals surface area contributed by atoms with E-state index in [1.165, 1.54) is 0 Å². The van der Waals surface area contributed by atoms with E-state index in [4.69, 9.17) is 10.2 Å². The lowest BCUT2D eigenvalue weighted by atomic mass is 9.96. The van der Waals surface area contributed by atoms with Gasteiger partial charge in [-0.25, -0.2) is 9.78 Å². The van der Waals surface area contributed by atoms with Crippen molar-refractivity contribution in [2.75, 3.05) is 13.1 Å². The molecular weight excluding hydrogens is 356 g/mol. The fourth-order valence-corrected chi connectivity index (χ4v) is 3.53. The third-order valence-electron chi connectivity index (χ3n) is 5.11. The Labute approximate surface area is 162 Å². The first-order valence-electron chi connectivity index (χ1n) is 9.37. The van der Waals surface area contributed by atoms with Gasteiger partial charge in [-0.2, -0.15) is 0 Å². The van der Waals surface area contributed by atoms with Gasteiger partial charge in [0.15, 0.2) is 11.5 Å². The number of fused-ring (bicyclic) bond motifs is 1. The van der Waals surface area contributed by atoms with Crippen LogP contribution in [0.4, 0.5) is 4.79 Å². The molecule has 1 saturated heterocycles. The lowest BCUT2D eigenvalue weighted by Crippen LogP contribution is -2.38. The predicted octanol–water partition coefficient (Wildman–Crippen LogP) is 3.02. The molecule has 28 heavy (non-hydrogen) atoms. The van der Waals surface area contributed by atoms with E-state index in [-0.39, 0.29) is 11.8 Å². The summed E-state index contributed by atoms with van der Waals surface area (Å²) in [6.07, 6.45) is 1.67. The van der Waals surface area contributed by atoms with Gasteiger partial charge in [-0.1, -0.05) is 24.3 Å². The number of nitrogens with zero attached hydrogens (tertiary/aromatic N) is 2. The minimum Gasteiger partial charge on any atom is -0.440 e. The van der Waals surface area contributed by atoms with Crippen LogP contribution >= 0.6 is 0 Å². The molecule has 2 aromatic carbocycles. The van der Waals surface area contributed by atoms with Crippen LogP contribution in [0, 0.1) is 0 Å². The topological polar surface area (TPSA) is 101 Å². The van der Waals surface area contributed by atoms with Gasteiger partial charge in [0.05, 0.1) is 0 Å². The van der Waals surface area contributed by atoms with Crippen molar-refractivity contribution in [2.45, 2.75) is 25.3 Å². The Bertz CT molecular complexity index is 955. The number of hydrogen-bond donors (Lipinski definition) is 2. The summed E-state index contributed by atoms with van der Waals surface area (Å²) in [5, 5.41) is 2.53. The number of oxazole rings is 1. The van der Waals surface area contributed by atoms with Gasteiger partial charge in [-0.15, -0.1) is 0 Å². The molecule has 0 radical (unpaired) electrons. The molecule has 0 saturated carbocycles. The monoisotopic (exact) mass is 378 g/mol. The van der Waals surface area contributed by atoms with Crippen molar-refractivity contribution in [1.82, 2.24) is 15.2 Å². The normalized spacial score (nSPS) is 14.9. The summed E-state index contributed by atoms with van der Waals surface area (Å²) >= 11 is 0. The second-order valence-electron chi connectivity index (χ2n) is 7.00. The van der Waals surface area contributed by atoms with Gasteiger partial charge in [-0.3, -0.25) is 4.79 Å². The Morgan fingerprint density at radius 2 is 1.82 bits per heavy atom. The summed E-state index contributed by atoms with van der Waals surface area (Å²) in [7, 11) is 0. The minimum atomic E-state index is -0.568. The zero-order valence-corrected chi connectivity index (χ0v) is 15.4. The molecule has 0 spiro atoms. The van der Waals surface area contributed by atoms with Gasteiger partial charge in [0.1, 0.15) is 5.52 Å². The summed E-state index contributed by atoms with van der Waals surface area (Å²) in [6, 6.07) is 14.4. The average Bonchev–Trinajstić information content (AvgIpc) is 3.16. The molecule has 7 nitrogen and oxygen atoms in total. The molecular formula is C21H22N4O3. The van der Waals surface area contributed by atoms with E-state index in [0.29, 0.717) is 25.2 Å². The van der Waals surface area contributed by atoms with Crippen molar-refractivity contribution in [3.05, 3.63) is 65.5 Å². The van der Waals surface area contributed by atoms with Gasteiger partial charge in [0.25, 0.3) is 5.91 Å². The quantitative estimate of drug-likeness (QED) is 0.728. The highest BCUT2D eigenvalue weighted by molar-refractivity contribution is 5.94. The molecule has 144 valence electrons. The SMILES string of the molecule is NC(=O)NCc1ccc(C(=O)N2CCC(c3nc4ccccc4o3)CC2)cc1. The molecule has 3 N–H and O–H groups in total. The second-order valence-corrected chi connectivity index (χ2v) is 7.00. The van der Waals surface area contributed by atoms with Crippen molar-refractivity contribution in [1.29, 1.82) is 0 Å². The van der Waals surface area contributed by atoms with Crippen LogP contribution in [0.5, 0.6) is 0 Å². The van der Waals surface area contributed by atoms with Crippen LogP contribution < -0.4 is 11.1 Å². The number of aromatic nitrogens is 1. The molecule has 3 aromatic rings. The van der Waals surface area contributed by atoms with E-state index in [9.17, 15) is 9.59 Å². The van der Waals surface area contributed by atoms with Crippen LogP contribution in [0.25, 0.3) is 11.1 Å². The molecule has 0 atom stereocenters. The maximum Gasteiger partial charge on any atom is 0.312 e.